The zero-order chi connectivity index (χ0) is 16.3. The smallest absolute Gasteiger partial charge is 0.224 e. The fraction of sp³-hybridized carbons (Fsp3) is 0.944. The molecule has 3 aliphatic rings. The van der Waals surface area contributed by atoms with E-state index in [4.69, 9.17) is 9.47 Å². The molecule has 1 heterocycles. The summed E-state index contributed by atoms with van der Waals surface area (Å²) in [6.45, 7) is 5.11. The van der Waals surface area contributed by atoms with Crippen molar-refractivity contribution in [3.63, 3.8) is 0 Å². The second-order valence-electron chi connectivity index (χ2n) is 7.42. The standard InChI is InChI=1S/C18H32N2O3/c1-3-23-16-12-15(18(16)7-5-4-6-8-18)20(2)17(21)11-14-13-22-10-9-19-14/h14-16,19H,3-13H2,1-2H3. The molecule has 0 aromatic rings. The lowest BCUT2D eigenvalue weighted by Crippen LogP contribution is -2.66. The minimum atomic E-state index is 0.170. The molecule has 0 bridgehead atoms. The van der Waals surface area contributed by atoms with Crippen molar-refractivity contribution in [1.82, 2.24) is 10.2 Å². The molecule has 3 fully saturated rings. The number of carbonyl (C=O) groups excluding carboxylic acids is 1. The van der Waals surface area contributed by atoms with Crippen molar-refractivity contribution in [3.05, 3.63) is 0 Å². The van der Waals surface area contributed by atoms with E-state index in [0.717, 1.165) is 26.2 Å². The van der Waals surface area contributed by atoms with E-state index in [9.17, 15) is 4.79 Å². The molecule has 1 N–H and O–H groups in total. The Morgan fingerprint density at radius 1 is 1.35 bits per heavy atom. The molecule has 3 atom stereocenters. The SMILES string of the molecule is CCOC1CC(N(C)C(=O)CC2COCCN2)C12CCCCC2. The summed E-state index contributed by atoms with van der Waals surface area (Å²) in [6, 6.07) is 0.528. The minimum Gasteiger partial charge on any atom is -0.378 e. The molecule has 132 valence electrons. The molecule has 0 aromatic carbocycles. The summed E-state index contributed by atoms with van der Waals surface area (Å²) in [5.74, 6) is 0.248. The van der Waals surface area contributed by atoms with Crippen LogP contribution in [-0.4, -0.2) is 62.4 Å². The number of nitrogens with zero attached hydrogens (tertiary/aromatic N) is 1. The predicted octanol–water partition coefficient (Wildman–Crippen LogP) is 1.95. The van der Waals surface area contributed by atoms with Crippen LogP contribution in [0.5, 0.6) is 0 Å². The summed E-state index contributed by atoms with van der Waals surface area (Å²) < 4.78 is 11.5. The van der Waals surface area contributed by atoms with E-state index in [-0.39, 0.29) is 17.4 Å². The zero-order valence-corrected chi connectivity index (χ0v) is 14.7. The Balaban J connectivity index is 1.61. The normalized spacial score (nSPS) is 33.2. The molecule has 3 unspecified atom stereocenters. The third kappa shape index (κ3) is 3.42. The molecular formula is C18H32N2O3. The number of hydrogen-bond donors (Lipinski definition) is 1. The number of ether oxygens (including phenoxy) is 2. The van der Waals surface area contributed by atoms with Crippen molar-refractivity contribution >= 4 is 5.91 Å². The van der Waals surface area contributed by atoms with Crippen molar-refractivity contribution in [3.8, 4) is 0 Å². The highest BCUT2D eigenvalue weighted by Gasteiger charge is 2.57. The van der Waals surface area contributed by atoms with Gasteiger partial charge in [0.1, 0.15) is 0 Å². The van der Waals surface area contributed by atoms with E-state index < -0.39 is 0 Å². The maximum absolute atomic E-state index is 12.7. The van der Waals surface area contributed by atoms with Crippen LogP contribution in [0.25, 0.3) is 0 Å². The number of amides is 1. The fourth-order valence-corrected chi connectivity index (χ4v) is 4.85. The Morgan fingerprint density at radius 2 is 2.13 bits per heavy atom. The van der Waals surface area contributed by atoms with Crippen LogP contribution in [0, 0.1) is 5.41 Å². The molecule has 2 aliphatic carbocycles. The van der Waals surface area contributed by atoms with Crippen LogP contribution in [0.4, 0.5) is 0 Å². The summed E-state index contributed by atoms with van der Waals surface area (Å²) in [7, 11) is 2.00. The monoisotopic (exact) mass is 324 g/mol. The quantitative estimate of drug-likeness (QED) is 0.840. The van der Waals surface area contributed by atoms with Gasteiger partial charge in [-0.1, -0.05) is 19.3 Å². The topological polar surface area (TPSA) is 50.8 Å². The van der Waals surface area contributed by atoms with E-state index in [0.29, 0.717) is 25.2 Å². The Labute approximate surface area is 140 Å². The molecule has 0 aromatic heterocycles. The first-order chi connectivity index (χ1) is 11.2. The number of nitrogens with one attached hydrogen (secondary N) is 1. The molecule has 1 spiro atoms. The molecule has 1 aliphatic heterocycles. The Hall–Kier alpha value is -0.650. The maximum Gasteiger partial charge on any atom is 0.224 e. The van der Waals surface area contributed by atoms with E-state index >= 15 is 0 Å². The Bertz CT molecular complexity index is 403. The number of morpholine rings is 1. The van der Waals surface area contributed by atoms with Crippen molar-refractivity contribution < 1.29 is 14.3 Å². The van der Waals surface area contributed by atoms with Crippen molar-refractivity contribution in [2.75, 3.05) is 33.4 Å². The fourth-order valence-electron chi connectivity index (χ4n) is 4.85. The molecule has 23 heavy (non-hydrogen) atoms. The van der Waals surface area contributed by atoms with Gasteiger partial charge in [0.2, 0.25) is 5.91 Å². The zero-order valence-electron chi connectivity index (χ0n) is 14.7. The first-order valence-electron chi connectivity index (χ1n) is 9.36. The van der Waals surface area contributed by atoms with E-state index in [1.807, 2.05) is 11.9 Å². The molecule has 2 saturated carbocycles. The van der Waals surface area contributed by atoms with Crippen LogP contribution < -0.4 is 5.32 Å². The van der Waals surface area contributed by atoms with Crippen molar-refractivity contribution in [1.29, 1.82) is 0 Å². The van der Waals surface area contributed by atoms with Gasteiger partial charge in [-0.3, -0.25) is 4.79 Å². The molecule has 5 nitrogen and oxygen atoms in total. The summed E-state index contributed by atoms with van der Waals surface area (Å²) in [5.41, 5.74) is 0.217. The first kappa shape index (κ1) is 17.2. The van der Waals surface area contributed by atoms with E-state index in [2.05, 4.69) is 12.2 Å². The third-order valence-corrected chi connectivity index (χ3v) is 6.17. The van der Waals surface area contributed by atoms with Gasteiger partial charge < -0.3 is 19.7 Å². The summed E-state index contributed by atoms with van der Waals surface area (Å²) in [6.07, 6.45) is 8.21. The van der Waals surface area contributed by atoms with Crippen LogP contribution >= 0.6 is 0 Å². The Kier molecular flexibility index (Phi) is 5.60. The Morgan fingerprint density at radius 3 is 2.78 bits per heavy atom. The van der Waals surface area contributed by atoms with E-state index in [1.165, 1.54) is 32.1 Å². The average Bonchev–Trinajstić information content (AvgIpc) is 2.59. The molecule has 3 rings (SSSR count). The van der Waals surface area contributed by atoms with Crippen molar-refractivity contribution in [2.24, 2.45) is 5.41 Å². The summed E-state index contributed by atoms with van der Waals surface area (Å²) >= 11 is 0. The maximum atomic E-state index is 12.7. The van der Waals surface area contributed by atoms with Crippen LogP contribution in [0.1, 0.15) is 51.9 Å². The van der Waals surface area contributed by atoms with Gasteiger partial charge in [0.05, 0.1) is 19.3 Å². The molecule has 1 amide bonds. The minimum absolute atomic E-state index is 0.170. The molecular weight excluding hydrogens is 292 g/mol. The molecule has 0 radical (unpaired) electrons. The van der Waals surface area contributed by atoms with Gasteiger partial charge in [0, 0.05) is 44.1 Å². The second kappa shape index (κ2) is 7.49. The average molecular weight is 324 g/mol. The van der Waals surface area contributed by atoms with Crippen molar-refractivity contribution in [2.45, 2.75) is 70.1 Å². The largest absolute Gasteiger partial charge is 0.378 e. The van der Waals surface area contributed by atoms with Crippen LogP contribution in [0.3, 0.4) is 0 Å². The summed E-state index contributed by atoms with van der Waals surface area (Å²) in [5, 5.41) is 3.38. The van der Waals surface area contributed by atoms with Gasteiger partial charge in [0.15, 0.2) is 0 Å². The lowest BCUT2D eigenvalue weighted by atomic mass is 9.54. The van der Waals surface area contributed by atoms with Crippen LogP contribution in [0.2, 0.25) is 0 Å². The molecule has 5 heteroatoms. The lowest BCUT2D eigenvalue weighted by Gasteiger charge is -2.60. The first-order valence-corrected chi connectivity index (χ1v) is 9.36. The highest BCUT2D eigenvalue weighted by atomic mass is 16.5. The van der Waals surface area contributed by atoms with Gasteiger partial charge in [-0.05, 0) is 26.2 Å². The highest BCUT2D eigenvalue weighted by molar-refractivity contribution is 5.77. The van der Waals surface area contributed by atoms with Gasteiger partial charge in [-0.15, -0.1) is 0 Å². The molecule has 1 saturated heterocycles. The lowest BCUT2D eigenvalue weighted by molar-refractivity contribution is -0.185. The van der Waals surface area contributed by atoms with Gasteiger partial charge in [0.25, 0.3) is 0 Å². The van der Waals surface area contributed by atoms with Gasteiger partial charge in [-0.2, -0.15) is 0 Å². The number of rotatable bonds is 5. The number of carbonyl (C=O) groups is 1. The van der Waals surface area contributed by atoms with E-state index in [1.54, 1.807) is 0 Å². The van der Waals surface area contributed by atoms with Gasteiger partial charge >= 0.3 is 0 Å². The number of hydrogen-bond acceptors (Lipinski definition) is 4. The summed E-state index contributed by atoms with van der Waals surface area (Å²) in [4.78, 5) is 14.8. The van der Waals surface area contributed by atoms with Gasteiger partial charge in [-0.25, -0.2) is 0 Å². The van der Waals surface area contributed by atoms with Crippen LogP contribution in [0.15, 0.2) is 0 Å². The predicted molar refractivity (Wildman–Crippen MR) is 89.3 cm³/mol. The van der Waals surface area contributed by atoms with Crippen LogP contribution in [-0.2, 0) is 14.3 Å². The second-order valence-corrected chi connectivity index (χ2v) is 7.42. The highest BCUT2D eigenvalue weighted by Crippen LogP contribution is 2.55. The third-order valence-electron chi connectivity index (χ3n) is 6.17.